The van der Waals surface area contributed by atoms with Gasteiger partial charge in [-0.3, -0.25) is 14.4 Å². The monoisotopic (exact) mass is 397 g/mol. The molecule has 2 rings (SSSR count). The zero-order valence-electron chi connectivity index (χ0n) is 12.0. The van der Waals surface area contributed by atoms with Crippen LogP contribution in [0.4, 0.5) is 0 Å². The van der Waals surface area contributed by atoms with Crippen LogP contribution in [0.15, 0.2) is 32.6 Å². The highest BCUT2D eigenvalue weighted by molar-refractivity contribution is 9.10. The summed E-state index contributed by atoms with van der Waals surface area (Å²) in [6.45, 7) is 1.06. The van der Waals surface area contributed by atoms with Crippen molar-refractivity contribution in [1.82, 2.24) is 5.32 Å². The highest BCUT2D eigenvalue weighted by atomic mass is 79.9. The lowest BCUT2D eigenvalue weighted by molar-refractivity contribution is -0.120. The average Bonchev–Trinajstić information content (AvgIpc) is 2.76. The number of ether oxygens (including phenoxy) is 1. The van der Waals surface area contributed by atoms with Gasteiger partial charge in [0.15, 0.2) is 11.8 Å². The standard InChI is InChI=1S/C14H12BrN3O4S/c1-7(19)17-14-18-13(21)11(23-14)5-8-4-9(15)2-3-10(8)22-6-12(16)20/h2-5H,6H2,1H3,(H2,16,20)(H,17,18,19,21)/b11-5-. The van der Waals surface area contributed by atoms with Crippen LogP contribution in [0.2, 0.25) is 0 Å². The fourth-order valence-corrected chi connectivity index (χ4v) is 2.90. The largest absolute Gasteiger partial charge is 0.483 e. The summed E-state index contributed by atoms with van der Waals surface area (Å²) < 4.78 is 6.10. The van der Waals surface area contributed by atoms with E-state index in [-0.39, 0.29) is 17.7 Å². The zero-order chi connectivity index (χ0) is 17.0. The lowest BCUT2D eigenvalue weighted by Gasteiger charge is -2.08. The highest BCUT2D eigenvalue weighted by Crippen LogP contribution is 2.31. The molecule has 0 aliphatic carbocycles. The Morgan fingerprint density at radius 1 is 1.48 bits per heavy atom. The summed E-state index contributed by atoms with van der Waals surface area (Å²) >= 11 is 4.38. The van der Waals surface area contributed by atoms with Crippen molar-refractivity contribution in [3.63, 3.8) is 0 Å². The predicted octanol–water partition coefficient (Wildman–Crippen LogP) is 1.42. The molecule has 0 atom stereocenters. The van der Waals surface area contributed by atoms with E-state index < -0.39 is 11.8 Å². The van der Waals surface area contributed by atoms with E-state index in [1.54, 1.807) is 24.3 Å². The number of carbonyl (C=O) groups is 3. The minimum Gasteiger partial charge on any atom is -0.483 e. The summed E-state index contributed by atoms with van der Waals surface area (Å²) in [4.78, 5) is 37.8. The van der Waals surface area contributed by atoms with E-state index in [1.165, 1.54) is 6.92 Å². The maximum Gasteiger partial charge on any atom is 0.286 e. The quantitative estimate of drug-likeness (QED) is 0.746. The number of hydrogen-bond acceptors (Lipinski definition) is 5. The maximum absolute atomic E-state index is 11.9. The van der Waals surface area contributed by atoms with Crippen LogP contribution in [0.5, 0.6) is 5.75 Å². The van der Waals surface area contributed by atoms with Gasteiger partial charge in [0.05, 0.1) is 4.91 Å². The number of nitrogens with zero attached hydrogens (tertiary/aromatic N) is 1. The third-order valence-electron chi connectivity index (χ3n) is 2.53. The molecular weight excluding hydrogens is 386 g/mol. The lowest BCUT2D eigenvalue weighted by atomic mass is 10.2. The van der Waals surface area contributed by atoms with Crippen molar-refractivity contribution in [1.29, 1.82) is 0 Å². The topological polar surface area (TPSA) is 111 Å². The predicted molar refractivity (Wildman–Crippen MR) is 90.7 cm³/mol. The van der Waals surface area contributed by atoms with Crippen molar-refractivity contribution in [3.8, 4) is 5.75 Å². The number of thioether (sulfide) groups is 1. The molecule has 0 aromatic heterocycles. The Kier molecular flexibility index (Phi) is 5.56. The molecule has 1 heterocycles. The van der Waals surface area contributed by atoms with Gasteiger partial charge < -0.3 is 15.8 Å². The molecule has 0 spiro atoms. The summed E-state index contributed by atoms with van der Waals surface area (Å²) in [5.41, 5.74) is 5.64. The number of amides is 3. The number of rotatable bonds is 4. The third-order valence-corrected chi connectivity index (χ3v) is 3.92. The molecule has 120 valence electrons. The van der Waals surface area contributed by atoms with Crippen LogP contribution in [-0.4, -0.2) is 29.5 Å². The molecule has 0 radical (unpaired) electrons. The summed E-state index contributed by atoms with van der Waals surface area (Å²) in [6, 6.07) is 5.12. The Morgan fingerprint density at radius 2 is 2.22 bits per heavy atom. The Bertz CT molecular complexity index is 746. The Balaban J connectivity index is 2.25. The first-order valence-corrected chi connectivity index (χ1v) is 7.97. The first-order chi connectivity index (χ1) is 10.8. The van der Waals surface area contributed by atoms with E-state index in [1.807, 2.05) is 0 Å². The van der Waals surface area contributed by atoms with E-state index in [9.17, 15) is 14.4 Å². The summed E-state index contributed by atoms with van der Waals surface area (Å²) in [5.74, 6) is -0.965. The van der Waals surface area contributed by atoms with Crippen LogP contribution in [0.3, 0.4) is 0 Å². The number of primary amides is 1. The van der Waals surface area contributed by atoms with Gasteiger partial charge in [0.2, 0.25) is 5.91 Å². The molecule has 1 aromatic carbocycles. The number of halogens is 1. The van der Waals surface area contributed by atoms with Gasteiger partial charge in [0, 0.05) is 17.0 Å². The van der Waals surface area contributed by atoms with Gasteiger partial charge in [-0.2, -0.15) is 4.99 Å². The number of nitrogens with one attached hydrogen (secondary N) is 1. The SMILES string of the molecule is CC(=O)NC1=NC(=O)/C(=C/c2cc(Br)ccc2OCC(N)=O)S1. The second kappa shape index (κ2) is 7.42. The number of aliphatic imine (C=N–C) groups is 1. The van der Waals surface area contributed by atoms with E-state index in [0.717, 1.165) is 16.2 Å². The van der Waals surface area contributed by atoms with Crippen molar-refractivity contribution < 1.29 is 19.1 Å². The summed E-state index contributed by atoms with van der Waals surface area (Å²) in [6.07, 6.45) is 1.58. The first kappa shape index (κ1) is 17.2. The van der Waals surface area contributed by atoms with Gasteiger partial charge in [-0.1, -0.05) is 15.9 Å². The van der Waals surface area contributed by atoms with Crippen LogP contribution in [0, 0.1) is 0 Å². The molecule has 0 fully saturated rings. The van der Waals surface area contributed by atoms with Crippen LogP contribution in [0.25, 0.3) is 6.08 Å². The fourth-order valence-electron chi connectivity index (χ4n) is 1.67. The van der Waals surface area contributed by atoms with E-state index in [4.69, 9.17) is 10.5 Å². The molecule has 7 nitrogen and oxygen atoms in total. The molecule has 0 saturated heterocycles. The molecule has 9 heteroatoms. The summed E-state index contributed by atoms with van der Waals surface area (Å²) in [7, 11) is 0. The number of nitrogens with two attached hydrogens (primary N) is 1. The van der Waals surface area contributed by atoms with Gasteiger partial charge >= 0.3 is 0 Å². The number of amidine groups is 1. The molecule has 1 aliphatic rings. The number of benzene rings is 1. The van der Waals surface area contributed by atoms with Crippen molar-refractivity contribution >= 4 is 56.7 Å². The van der Waals surface area contributed by atoms with Crippen molar-refractivity contribution in [2.24, 2.45) is 10.7 Å². The third kappa shape index (κ3) is 4.93. The summed E-state index contributed by atoms with van der Waals surface area (Å²) in [5, 5.41) is 2.69. The molecule has 3 amide bonds. The van der Waals surface area contributed by atoms with Crippen molar-refractivity contribution in [2.45, 2.75) is 6.92 Å². The fraction of sp³-hybridized carbons (Fsp3) is 0.143. The molecule has 1 aromatic rings. The minimum absolute atomic E-state index is 0.225. The zero-order valence-corrected chi connectivity index (χ0v) is 14.4. The van der Waals surface area contributed by atoms with E-state index in [0.29, 0.717) is 16.2 Å². The van der Waals surface area contributed by atoms with Gasteiger partial charge in [0.1, 0.15) is 5.75 Å². The van der Waals surface area contributed by atoms with Crippen LogP contribution >= 0.6 is 27.7 Å². The molecule has 3 N–H and O–H groups in total. The Hall–Kier alpha value is -2.13. The molecule has 0 unspecified atom stereocenters. The van der Waals surface area contributed by atoms with E-state index >= 15 is 0 Å². The van der Waals surface area contributed by atoms with Gasteiger partial charge in [-0.25, -0.2) is 0 Å². The number of carbonyl (C=O) groups excluding carboxylic acids is 3. The van der Waals surface area contributed by atoms with Gasteiger partial charge in [-0.05, 0) is 36.0 Å². The number of hydrogen-bond donors (Lipinski definition) is 2. The smallest absolute Gasteiger partial charge is 0.286 e. The molecule has 1 aliphatic heterocycles. The first-order valence-electron chi connectivity index (χ1n) is 6.36. The van der Waals surface area contributed by atoms with Crippen LogP contribution < -0.4 is 15.8 Å². The minimum atomic E-state index is -0.603. The molecule has 23 heavy (non-hydrogen) atoms. The normalized spacial score (nSPS) is 15.5. The van der Waals surface area contributed by atoms with Crippen LogP contribution in [0.1, 0.15) is 12.5 Å². The van der Waals surface area contributed by atoms with Crippen LogP contribution in [-0.2, 0) is 14.4 Å². The Labute approximate surface area is 144 Å². The second-order valence-electron chi connectivity index (χ2n) is 4.45. The molecule has 0 saturated carbocycles. The highest BCUT2D eigenvalue weighted by Gasteiger charge is 2.23. The van der Waals surface area contributed by atoms with E-state index in [2.05, 4.69) is 26.2 Å². The van der Waals surface area contributed by atoms with Gasteiger partial charge in [0.25, 0.3) is 11.8 Å². The van der Waals surface area contributed by atoms with Crippen molar-refractivity contribution in [3.05, 3.63) is 33.1 Å². The Morgan fingerprint density at radius 3 is 2.87 bits per heavy atom. The average molecular weight is 398 g/mol. The maximum atomic E-state index is 11.9. The second-order valence-corrected chi connectivity index (χ2v) is 6.40. The molecule has 0 bridgehead atoms. The van der Waals surface area contributed by atoms with Gasteiger partial charge in [-0.15, -0.1) is 0 Å². The lowest BCUT2D eigenvalue weighted by Crippen LogP contribution is -2.23. The van der Waals surface area contributed by atoms with Crippen molar-refractivity contribution in [2.75, 3.05) is 6.61 Å². The molecular formula is C14H12BrN3O4S.